The predicted molar refractivity (Wildman–Crippen MR) is 120 cm³/mol. The zero-order chi connectivity index (χ0) is 22.0. The summed E-state index contributed by atoms with van der Waals surface area (Å²) in [4.78, 5) is 12.6. The molecule has 1 N–H and O–H groups in total. The number of carbonyl (C=O) groups excluding carboxylic acids is 1. The number of rotatable bonds is 4. The molecular weight excluding hydrogens is 388 g/mol. The highest BCUT2D eigenvalue weighted by Gasteiger charge is 2.63. The Kier molecular flexibility index (Phi) is 5.47. The maximum atomic E-state index is 12.6. The number of ketones is 1. The van der Waals surface area contributed by atoms with Gasteiger partial charge in [0.25, 0.3) is 0 Å². The van der Waals surface area contributed by atoms with Gasteiger partial charge < -0.3 is 14.6 Å². The fourth-order valence-electron chi connectivity index (χ4n) is 9.00. The van der Waals surface area contributed by atoms with E-state index in [0.29, 0.717) is 48.4 Å². The van der Waals surface area contributed by atoms with Crippen LogP contribution in [0.4, 0.5) is 0 Å². The van der Waals surface area contributed by atoms with Crippen LogP contribution in [0, 0.1) is 40.4 Å². The molecule has 0 aromatic carbocycles. The lowest BCUT2D eigenvalue weighted by Gasteiger charge is -2.62. The smallest absolute Gasteiger partial charge is 0.167 e. The van der Waals surface area contributed by atoms with E-state index in [9.17, 15) is 9.90 Å². The molecule has 8 atom stereocenters. The fourth-order valence-corrected chi connectivity index (χ4v) is 9.00. The van der Waals surface area contributed by atoms with Crippen molar-refractivity contribution in [1.82, 2.24) is 0 Å². The first kappa shape index (κ1) is 22.1. The van der Waals surface area contributed by atoms with Crippen molar-refractivity contribution in [3.63, 3.8) is 0 Å². The quantitative estimate of drug-likeness (QED) is 0.616. The number of fused-ring (bicyclic) bond motifs is 5. The number of methoxy groups -OCH3 is 1. The number of hydrogen-bond donors (Lipinski definition) is 1. The van der Waals surface area contributed by atoms with Crippen molar-refractivity contribution >= 4 is 5.78 Å². The molecule has 0 radical (unpaired) electrons. The average molecular weight is 431 g/mol. The van der Waals surface area contributed by atoms with E-state index in [1.807, 2.05) is 6.08 Å². The van der Waals surface area contributed by atoms with Crippen LogP contribution >= 0.6 is 0 Å². The Morgan fingerprint density at radius 3 is 2.52 bits per heavy atom. The molecule has 4 nitrogen and oxygen atoms in total. The standard InChI is InChI=1S/C27H42O4/c1-17-13-19-15-20(28)14-18(2)27(19,16-31-26(30-4)10-5-6-11-26)22-9-12-25(3)21(24(17)22)7-8-23(25)29/h15,17-18,21-24,29H,5-14,16H2,1-4H3/t17-,18+,21+,22+,23+,24+,25+,27+/m1/s1. The number of hydrogen-bond acceptors (Lipinski definition) is 4. The number of ether oxygens (including phenoxy) is 2. The van der Waals surface area contributed by atoms with Gasteiger partial charge in [-0.25, -0.2) is 0 Å². The number of aliphatic hydroxyl groups is 1. The first-order valence-electron chi connectivity index (χ1n) is 12.9. The molecule has 31 heavy (non-hydrogen) atoms. The molecular formula is C27H42O4. The summed E-state index contributed by atoms with van der Waals surface area (Å²) in [6.07, 6.45) is 12.1. The molecule has 5 aliphatic rings. The summed E-state index contributed by atoms with van der Waals surface area (Å²) in [7, 11) is 1.80. The molecule has 0 saturated heterocycles. The minimum absolute atomic E-state index is 0.0611. The molecule has 0 aliphatic heterocycles. The zero-order valence-electron chi connectivity index (χ0n) is 20.0. The summed E-state index contributed by atoms with van der Waals surface area (Å²) in [5.41, 5.74) is 1.36. The summed E-state index contributed by atoms with van der Waals surface area (Å²) in [6.45, 7) is 7.73. The normalized spacial score (nSPS) is 48.7. The van der Waals surface area contributed by atoms with E-state index in [1.54, 1.807) is 7.11 Å². The minimum Gasteiger partial charge on any atom is -0.393 e. The fraction of sp³-hybridized carbons (Fsp3) is 0.889. The van der Waals surface area contributed by atoms with E-state index in [-0.39, 0.29) is 16.9 Å². The lowest BCUT2D eigenvalue weighted by Crippen LogP contribution is -2.59. The van der Waals surface area contributed by atoms with E-state index >= 15 is 0 Å². The van der Waals surface area contributed by atoms with Gasteiger partial charge in [0, 0.05) is 31.8 Å². The maximum Gasteiger partial charge on any atom is 0.167 e. The summed E-state index contributed by atoms with van der Waals surface area (Å²) in [5.74, 6) is 2.43. The molecule has 0 amide bonds. The van der Waals surface area contributed by atoms with Crippen molar-refractivity contribution in [2.24, 2.45) is 40.4 Å². The molecule has 4 saturated carbocycles. The van der Waals surface area contributed by atoms with Crippen LogP contribution in [-0.4, -0.2) is 36.5 Å². The molecule has 0 aromatic rings. The van der Waals surface area contributed by atoms with E-state index in [0.717, 1.165) is 44.9 Å². The predicted octanol–water partition coefficient (Wildman–Crippen LogP) is 5.28. The lowest BCUT2D eigenvalue weighted by molar-refractivity contribution is -0.245. The van der Waals surface area contributed by atoms with Crippen LogP contribution in [0.15, 0.2) is 11.6 Å². The summed E-state index contributed by atoms with van der Waals surface area (Å²) < 4.78 is 12.7. The second kappa shape index (κ2) is 7.67. The molecule has 0 spiro atoms. The third-order valence-electron chi connectivity index (χ3n) is 10.8. The first-order valence-corrected chi connectivity index (χ1v) is 12.9. The van der Waals surface area contributed by atoms with E-state index in [4.69, 9.17) is 9.47 Å². The Morgan fingerprint density at radius 1 is 1.06 bits per heavy atom. The summed E-state index contributed by atoms with van der Waals surface area (Å²) in [5, 5.41) is 10.9. The Balaban J connectivity index is 1.54. The molecule has 0 bridgehead atoms. The minimum atomic E-state index is -0.438. The van der Waals surface area contributed by atoms with Crippen molar-refractivity contribution in [2.45, 2.75) is 96.9 Å². The zero-order valence-corrected chi connectivity index (χ0v) is 20.0. The molecule has 0 unspecified atom stereocenters. The van der Waals surface area contributed by atoms with Gasteiger partial charge in [0.2, 0.25) is 0 Å². The van der Waals surface area contributed by atoms with Crippen molar-refractivity contribution < 1.29 is 19.4 Å². The molecule has 174 valence electrons. The summed E-state index contributed by atoms with van der Waals surface area (Å²) in [6, 6.07) is 0. The van der Waals surface area contributed by atoms with Crippen LogP contribution in [0.1, 0.15) is 85.0 Å². The van der Waals surface area contributed by atoms with Gasteiger partial charge >= 0.3 is 0 Å². The highest BCUT2D eigenvalue weighted by molar-refractivity contribution is 5.92. The van der Waals surface area contributed by atoms with Crippen LogP contribution in [0.5, 0.6) is 0 Å². The maximum absolute atomic E-state index is 12.6. The van der Waals surface area contributed by atoms with Crippen LogP contribution in [0.25, 0.3) is 0 Å². The first-order chi connectivity index (χ1) is 14.8. The van der Waals surface area contributed by atoms with Crippen molar-refractivity contribution in [1.29, 1.82) is 0 Å². The van der Waals surface area contributed by atoms with Crippen LogP contribution in [0.2, 0.25) is 0 Å². The van der Waals surface area contributed by atoms with Gasteiger partial charge in [-0.2, -0.15) is 0 Å². The summed E-state index contributed by atoms with van der Waals surface area (Å²) >= 11 is 0. The number of aliphatic hydroxyl groups excluding tert-OH is 1. The Hall–Kier alpha value is -0.710. The van der Waals surface area contributed by atoms with E-state index in [2.05, 4.69) is 20.8 Å². The molecule has 4 heteroatoms. The Morgan fingerprint density at radius 2 is 1.81 bits per heavy atom. The van der Waals surface area contributed by atoms with Gasteiger partial charge in [-0.3, -0.25) is 4.79 Å². The molecule has 0 aromatic heterocycles. The van der Waals surface area contributed by atoms with E-state index < -0.39 is 5.79 Å². The Labute approximate surface area is 188 Å². The Bertz CT molecular complexity index is 752. The second-order valence-corrected chi connectivity index (χ2v) is 12.0. The third-order valence-corrected chi connectivity index (χ3v) is 10.8. The van der Waals surface area contributed by atoms with Gasteiger partial charge in [-0.05, 0) is 86.0 Å². The van der Waals surface area contributed by atoms with Gasteiger partial charge in [0.15, 0.2) is 11.6 Å². The monoisotopic (exact) mass is 430 g/mol. The van der Waals surface area contributed by atoms with Crippen molar-refractivity contribution in [2.75, 3.05) is 13.7 Å². The highest BCUT2D eigenvalue weighted by Crippen LogP contribution is 2.67. The van der Waals surface area contributed by atoms with Crippen LogP contribution in [0.3, 0.4) is 0 Å². The molecule has 5 aliphatic carbocycles. The molecule has 4 fully saturated rings. The SMILES string of the molecule is COC1(OC[C@@]23C(=CC(=O)C[C@@H]2C)C[C@@H](C)[C@H]2[C@@H]4CC[C@H](O)[C@@]4(C)CC[C@@H]23)CCCC1. The lowest BCUT2D eigenvalue weighted by atomic mass is 9.43. The van der Waals surface area contributed by atoms with Gasteiger partial charge in [0.05, 0.1) is 12.7 Å². The largest absolute Gasteiger partial charge is 0.393 e. The van der Waals surface area contributed by atoms with Crippen LogP contribution < -0.4 is 0 Å². The van der Waals surface area contributed by atoms with Gasteiger partial charge in [0.1, 0.15) is 0 Å². The molecule has 0 heterocycles. The van der Waals surface area contributed by atoms with Crippen molar-refractivity contribution in [3.8, 4) is 0 Å². The number of carbonyl (C=O) groups is 1. The van der Waals surface area contributed by atoms with Gasteiger partial charge in [-0.15, -0.1) is 0 Å². The molecule has 5 rings (SSSR count). The van der Waals surface area contributed by atoms with E-state index in [1.165, 1.54) is 18.4 Å². The topological polar surface area (TPSA) is 55.8 Å². The van der Waals surface area contributed by atoms with Crippen molar-refractivity contribution in [3.05, 3.63) is 11.6 Å². The van der Waals surface area contributed by atoms with Crippen LogP contribution in [-0.2, 0) is 14.3 Å². The van der Waals surface area contributed by atoms with Gasteiger partial charge in [-0.1, -0.05) is 26.3 Å². The third kappa shape index (κ3) is 3.14. The second-order valence-electron chi connectivity index (χ2n) is 12.0. The average Bonchev–Trinajstić information content (AvgIpc) is 3.32. The highest BCUT2D eigenvalue weighted by atomic mass is 16.7.